The van der Waals surface area contributed by atoms with Gasteiger partial charge in [-0.3, -0.25) is 0 Å². The van der Waals surface area contributed by atoms with Crippen LogP contribution in [0.3, 0.4) is 0 Å². The molecule has 0 saturated heterocycles. The molecule has 1 aliphatic rings. The van der Waals surface area contributed by atoms with Gasteiger partial charge in [-0.25, -0.2) is 0 Å². The second-order valence-corrected chi connectivity index (χ2v) is 4.45. The van der Waals surface area contributed by atoms with Crippen LogP contribution in [-0.4, -0.2) is 12.6 Å². The van der Waals surface area contributed by atoms with E-state index < -0.39 is 0 Å². The van der Waals surface area contributed by atoms with Crippen LogP contribution in [0.15, 0.2) is 0 Å². The van der Waals surface area contributed by atoms with Gasteiger partial charge in [-0.1, -0.05) is 26.7 Å². The molecule has 0 aliphatic heterocycles. The van der Waals surface area contributed by atoms with Gasteiger partial charge in [0.05, 0.1) is 12.1 Å². The Morgan fingerprint density at radius 3 is 2.46 bits per heavy atom. The van der Waals surface area contributed by atoms with E-state index in [9.17, 15) is 0 Å². The average molecular weight is 180 g/mol. The largest absolute Gasteiger partial charge is 0.301 e. The van der Waals surface area contributed by atoms with Crippen molar-refractivity contribution in [3.8, 4) is 6.07 Å². The number of nitriles is 1. The molecule has 0 aromatic heterocycles. The first-order chi connectivity index (χ1) is 6.24. The Balaban J connectivity index is 2.30. The van der Waals surface area contributed by atoms with Crippen LogP contribution in [0.4, 0.5) is 0 Å². The molecule has 0 aromatic rings. The third-order valence-corrected chi connectivity index (χ3v) is 2.76. The van der Waals surface area contributed by atoms with Gasteiger partial charge >= 0.3 is 0 Å². The smallest absolute Gasteiger partial charge is 0.0981 e. The minimum absolute atomic E-state index is 0.102. The van der Waals surface area contributed by atoms with E-state index in [-0.39, 0.29) is 6.04 Å². The van der Waals surface area contributed by atoms with E-state index in [0.717, 1.165) is 6.54 Å². The van der Waals surface area contributed by atoms with Gasteiger partial charge in [0, 0.05) is 0 Å². The fourth-order valence-corrected chi connectivity index (χ4v) is 1.97. The van der Waals surface area contributed by atoms with E-state index in [1.807, 2.05) is 0 Å². The van der Waals surface area contributed by atoms with Gasteiger partial charge in [0.1, 0.15) is 0 Å². The summed E-state index contributed by atoms with van der Waals surface area (Å²) in [6.07, 6.45) is 5.10. The first kappa shape index (κ1) is 10.5. The van der Waals surface area contributed by atoms with Gasteiger partial charge in [-0.05, 0) is 31.2 Å². The van der Waals surface area contributed by atoms with Crippen molar-refractivity contribution in [1.29, 1.82) is 5.26 Å². The van der Waals surface area contributed by atoms with Crippen LogP contribution in [0, 0.1) is 23.2 Å². The molecule has 1 aliphatic carbocycles. The zero-order valence-corrected chi connectivity index (χ0v) is 8.71. The predicted octanol–water partition coefficient (Wildman–Crippen LogP) is 2.31. The van der Waals surface area contributed by atoms with Crippen molar-refractivity contribution >= 4 is 0 Å². The van der Waals surface area contributed by atoms with Gasteiger partial charge in [0.15, 0.2) is 0 Å². The molecule has 1 fully saturated rings. The molecule has 0 spiro atoms. The summed E-state index contributed by atoms with van der Waals surface area (Å²) in [5, 5.41) is 12.3. The number of hydrogen-bond acceptors (Lipinski definition) is 2. The van der Waals surface area contributed by atoms with Gasteiger partial charge in [0.2, 0.25) is 0 Å². The number of rotatable bonds is 4. The van der Waals surface area contributed by atoms with Crippen molar-refractivity contribution in [2.45, 2.75) is 45.6 Å². The summed E-state index contributed by atoms with van der Waals surface area (Å²) >= 11 is 0. The second kappa shape index (κ2) is 5.24. The molecule has 0 amide bonds. The fourth-order valence-electron chi connectivity index (χ4n) is 1.97. The Kier molecular flexibility index (Phi) is 4.24. The SMILES string of the molecule is CC(C)CNC(C#N)C1CCCC1. The lowest BCUT2D eigenvalue weighted by atomic mass is 9.99. The molecule has 1 rings (SSSR count). The normalized spacial score (nSPS) is 20.5. The molecule has 74 valence electrons. The van der Waals surface area contributed by atoms with E-state index in [1.165, 1.54) is 25.7 Å². The lowest BCUT2D eigenvalue weighted by Crippen LogP contribution is -2.36. The number of nitrogens with one attached hydrogen (secondary N) is 1. The van der Waals surface area contributed by atoms with E-state index in [4.69, 9.17) is 5.26 Å². The maximum Gasteiger partial charge on any atom is 0.0981 e. The van der Waals surface area contributed by atoms with Crippen LogP contribution >= 0.6 is 0 Å². The van der Waals surface area contributed by atoms with Gasteiger partial charge in [-0.15, -0.1) is 0 Å². The summed E-state index contributed by atoms with van der Waals surface area (Å²) < 4.78 is 0. The van der Waals surface area contributed by atoms with E-state index in [0.29, 0.717) is 11.8 Å². The van der Waals surface area contributed by atoms with Gasteiger partial charge in [0.25, 0.3) is 0 Å². The Labute approximate surface area is 81.3 Å². The molecule has 0 bridgehead atoms. The highest BCUT2D eigenvalue weighted by Gasteiger charge is 2.24. The topological polar surface area (TPSA) is 35.8 Å². The zero-order valence-electron chi connectivity index (χ0n) is 8.71. The molecule has 2 nitrogen and oxygen atoms in total. The fraction of sp³-hybridized carbons (Fsp3) is 0.909. The van der Waals surface area contributed by atoms with Crippen molar-refractivity contribution in [3.63, 3.8) is 0 Å². The zero-order chi connectivity index (χ0) is 9.68. The Hall–Kier alpha value is -0.550. The van der Waals surface area contributed by atoms with Crippen LogP contribution in [0.2, 0.25) is 0 Å². The van der Waals surface area contributed by atoms with Crippen LogP contribution in [0.25, 0.3) is 0 Å². The lowest BCUT2D eigenvalue weighted by Gasteiger charge is -2.18. The summed E-state index contributed by atoms with van der Waals surface area (Å²) in [7, 11) is 0. The van der Waals surface area contributed by atoms with Gasteiger partial charge < -0.3 is 5.32 Å². The molecule has 0 radical (unpaired) electrons. The molecule has 0 heterocycles. The first-order valence-corrected chi connectivity index (χ1v) is 5.37. The molecule has 0 aromatic carbocycles. The summed E-state index contributed by atoms with van der Waals surface area (Å²) in [5.74, 6) is 1.25. The third-order valence-electron chi connectivity index (χ3n) is 2.76. The highest BCUT2D eigenvalue weighted by molar-refractivity contribution is 4.96. The van der Waals surface area contributed by atoms with Crippen molar-refractivity contribution < 1.29 is 0 Å². The molecule has 1 N–H and O–H groups in total. The van der Waals surface area contributed by atoms with E-state index in [1.54, 1.807) is 0 Å². The van der Waals surface area contributed by atoms with E-state index in [2.05, 4.69) is 25.2 Å². The van der Waals surface area contributed by atoms with Crippen LogP contribution in [-0.2, 0) is 0 Å². The average Bonchev–Trinajstić information content (AvgIpc) is 2.58. The van der Waals surface area contributed by atoms with Crippen molar-refractivity contribution in [3.05, 3.63) is 0 Å². The van der Waals surface area contributed by atoms with Crippen LogP contribution in [0.1, 0.15) is 39.5 Å². The lowest BCUT2D eigenvalue weighted by molar-refractivity contribution is 0.399. The summed E-state index contributed by atoms with van der Waals surface area (Å²) in [4.78, 5) is 0. The number of nitrogens with zero attached hydrogens (tertiary/aromatic N) is 1. The minimum atomic E-state index is 0.102. The Bertz CT molecular complexity index is 175. The van der Waals surface area contributed by atoms with Gasteiger partial charge in [-0.2, -0.15) is 5.26 Å². The number of hydrogen-bond donors (Lipinski definition) is 1. The highest BCUT2D eigenvalue weighted by Crippen LogP contribution is 2.27. The molecule has 1 atom stereocenters. The molecule has 1 unspecified atom stereocenters. The summed E-state index contributed by atoms with van der Waals surface area (Å²) in [6.45, 7) is 5.32. The Morgan fingerprint density at radius 1 is 1.38 bits per heavy atom. The van der Waals surface area contributed by atoms with Crippen LogP contribution in [0.5, 0.6) is 0 Å². The quantitative estimate of drug-likeness (QED) is 0.720. The molecular formula is C11H20N2. The molecular weight excluding hydrogens is 160 g/mol. The maximum absolute atomic E-state index is 8.99. The second-order valence-electron chi connectivity index (χ2n) is 4.45. The summed E-state index contributed by atoms with van der Waals surface area (Å²) in [5.41, 5.74) is 0. The van der Waals surface area contributed by atoms with Crippen molar-refractivity contribution in [2.24, 2.45) is 11.8 Å². The molecule has 13 heavy (non-hydrogen) atoms. The minimum Gasteiger partial charge on any atom is -0.301 e. The molecule has 1 saturated carbocycles. The third kappa shape index (κ3) is 3.36. The highest BCUT2D eigenvalue weighted by atomic mass is 14.9. The van der Waals surface area contributed by atoms with Crippen molar-refractivity contribution in [2.75, 3.05) is 6.54 Å². The Morgan fingerprint density at radius 2 is 2.00 bits per heavy atom. The molecule has 2 heteroatoms. The van der Waals surface area contributed by atoms with Crippen LogP contribution < -0.4 is 5.32 Å². The summed E-state index contributed by atoms with van der Waals surface area (Å²) in [6, 6.07) is 2.49. The standard InChI is InChI=1S/C11H20N2/c1-9(2)8-13-11(7-12)10-5-3-4-6-10/h9-11,13H,3-6,8H2,1-2H3. The maximum atomic E-state index is 8.99. The van der Waals surface area contributed by atoms with E-state index >= 15 is 0 Å². The first-order valence-electron chi connectivity index (χ1n) is 5.37. The van der Waals surface area contributed by atoms with Crippen molar-refractivity contribution in [1.82, 2.24) is 5.32 Å². The monoisotopic (exact) mass is 180 g/mol. The predicted molar refractivity (Wildman–Crippen MR) is 54.2 cm³/mol.